The summed E-state index contributed by atoms with van der Waals surface area (Å²) in [7, 11) is 0. The third-order valence-corrected chi connectivity index (χ3v) is 3.47. The van der Waals surface area contributed by atoms with Crippen molar-refractivity contribution in [3.8, 4) is 16.3 Å². The highest BCUT2D eigenvalue weighted by Gasteiger charge is 2.12. The molecule has 0 saturated carbocycles. The Morgan fingerprint density at radius 2 is 2.25 bits per heavy atom. The van der Waals surface area contributed by atoms with E-state index in [0.717, 1.165) is 16.6 Å². The van der Waals surface area contributed by atoms with Gasteiger partial charge in [0.1, 0.15) is 16.6 Å². The second-order valence-electron chi connectivity index (χ2n) is 3.40. The van der Waals surface area contributed by atoms with E-state index >= 15 is 0 Å². The van der Waals surface area contributed by atoms with E-state index in [2.05, 4.69) is 4.98 Å². The molecule has 3 N–H and O–H groups in total. The van der Waals surface area contributed by atoms with Crippen molar-refractivity contribution in [3.05, 3.63) is 34.6 Å². The van der Waals surface area contributed by atoms with Crippen molar-refractivity contribution in [2.75, 3.05) is 0 Å². The van der Waals surface area contributed by atoms with Gasteiger partial charge in [-0.3, -0.25) is 0 Å². The summed E-state index contributed by atoms with van der Waals surface area (Å²) in [5.74, 6) is -0.564. The van der Waals surface area contributed by atoms with Crippen molar-refractivity contribution in [1.29, 1.82) is 0 Å². The van der Waals surface area contributed by atoms with Gasteiger partial charge >= 0.3 is 0 Å². The standard InChI is InChI=1S/C11H11FN2OS/c1-6-10(5-13)16-11(14-6)8-3-2-7(15)4-9(8)12/h2-4,15H,5,13H2,1H3. The number of benzene rings is 1. The summed E-state index contributed by atoms with van der Waals surface area (Å²) in [5, 5.41) is 9.71. The second-order valence-corrected chi connectivity index (χ2v) is 4.48. The number of nitrogens with two attached hydrogens (primary N) is 1. The van der Waals surface area contributed by atoms with Crippen molar-refractivity contribution in [1.82, 2.24) is 4.98 Å². The Bertz CT molecular complexity index is 525. The lowest BCUT2D eigenvalue weighted by atomic mass is 10.2. The van der Waals surface area contributed by atoms with E-state index in [4.69, 9.17) is 10.8 Å². The first-order chi connectivity index (χ1) is 7.61. The van der Waals surface area contributed by atoms with Crippen molar-refractivity contribution < 1.29 is 9.50 Å². The summed E-state index contributed by atoms with van der Waals surface area (Å²) in [6.45, 7) is 2.25. The van der Waals surface area contributed by atoms with Gasteiger partial charge in [0, 0.05) is 23.1 Å². The van der Waals surface area contributed by atoms with Crippen LogP contribution in [0.15, 0.2) is 18.2 Å². The van der Waals surface area contributed by atoms with Crippen molar-refractivity contribution in [3.63, 3.8) is 0 Å². The predicted octanol–water partition coefficient (Wildman–Crippen LogP) is 2.42. The van der Waals surface area contributed by atoms with Gasteiger partial charge in [0.25, 0.3) is 0 Å². The van der Waals surface area contributed by atoms with Crippen LogP contribution in [0, 0.1) is 12.7 Å². The van der Waals surface area contributed by atoms with Crippen LogP contribution in [-0.2, 0) is 6.54 Å². The molecule has 1 aromatic heterocycles. The molecule has 0 amide bonds. The number of aromatic hydroxyl groups is 1. The Labute approximate surface area is 96.4 Å². The number of halogens is 1. The molecule has 16 heavy (non-hydrogen) atoms. The van der Waals surface area contributed by atoms with Gasteiger partial charge in [0.15, 0.2) is 0 Å². The zero-order valence-electron chi connectivity index (χ0n) is 8.70. The first kappa shape index (κ1) is 11.0. The largest absolute Gasteiger partial charge is 0.508 e. The molecule has 84 valence electrons. The fourth-order valence-corrected chi connectivity index (χ4v) is 2.38. The molecule has 0 atom stereocenters. The zero-order chi connectivity index (χ0) is 11.7. The average Bonchev–Trinajstić information content (AvgIpc) is 2.59. The molecule has 0 radical (unpaired) electrons. The molecule has 0 spiro atoms. The van der Waals surface area contributed by atoms with Gasteiger partial charge < -0.3 is 10.8 Å². The fourth-order valence-electron chi connectivity index (χ4n) is 1.41. The molecule has 0 unspecified atom stereocenters. The number of aromatic nitrogens is 1. The van der Waals surface area contributed by atoms with Crippen molar-refractivity contribution >= 4 is 11.3 Å². The lowest BCUT2D eigenvalue weighted by molar-refractivity contribution is 0.469. The highest BCUT2D eigenvalue weighted by molar-refractivity contribution is 7.15. The molecule has 5 heteroatoms. The molecule has 2 aromatic rings. The molecule has 0 bridgehead atoms. The van der Waals surface area contributed by atoms with Crippen LogP contribution < -0.4 is 5.73 Å². The Morgan fingerprint density at radius 1 is 1.50 bits per heavy atom. The van der Waals surface area contributed by atoms with Gasteiger partial charge in [-0.15, -0.1) is 11.3 Å². The SMILES string of the molecule is Cc1nc(-c2ccc(O)cc2F)sc1CN. The normalized spacial score (nSPS) is 10.7. The van der Waals surface area contributed by atoms with Crippen LogP contribution in [0.1, 0.15) is 10.6 Å². The molecular weight excluding hydrogens is 227 g/mol. The summed E-state index contributed by atoms with van der Waals surface area (Å²) in [5.41, 5.74) is 6.76. The van der Waals surface area contributed by atoms with E-state index in [9.17, 15) is 4.39 Å². The Morgan fingerprint density at radius 3 is 2.81 bits per heavy atom. The Balaban J connectivity index is 2.50. The molecule has 3 nitrogen and oxygen atoms in total. The van der Waals surface area contributed by atoms with Crippen molar-refractivity contribution in [2.45, 2.75) is 13.5 Å². The molecule has 1 heterocycles. The number of hydrogen-bond acceptors (Lipinski definition) is 4. The molecule has 0 aliphatic heterocycles. The van der Waals surface area contributed by atoms with Crippen LogP contribution in [0.3, 0.4) is 0 Å². The van der Waals surface area contributed by atoms with E-state index in [1.54, 1.807) is 0 Å². The molecule has 0 saturated heterocycles. The highest BCUT2D eigenvalue weighted by Crippen LogP contribution is 2.30. The van der Waals surface area contributed by atoms with E-state index in [0.29, 0.717) is 17.1 Å². The quantitative estimate of drug-likeness (QED) is 0.844. The number of hydrogen-bond donors (Lipinski definition) is 2. The fraction of sp³-hybridized carbons (Fsp3) is 0.182. The first-order valence-corrected chi connectivity index (χ1v) is 5.58. The van der Waals surface area contributed by atoms with Crippen LogP contribution in [0.4, 0.5) is 4.39 Å². The lowest BCUT2D eigenvalue weighted by Crippen LogP contribution is -1.94. The van der Waals surface area contributed by atoms with Crippen LogP contribution in [0.25, 0.3) is 10.6 Å². The minimum Gasteiger partial charge on any atom is -0.508 e. The smallest absolute Gasteiger partial charge is 0.137 e. The average molecular weight is 238 g/mol. The maximum Gasteiger partial charge on any atom is 0.137 e. The summed E-state index contributed by atoms with van der Waals surface area (Å²) >= 11 is 1.37. The first-order valence-electron chi connectivity index (χ1n) is 4.77. The lowest BCUT2D eigenvalue weighted by Gasteiger charge is -1.99. The minimum atomic E-state index is -0.475. The highest BCUT2D eigenvalue weighted by atomic mass is 32.1. The van der Waals surface area contributed by atoms with Gasteiger partial charge in [-0.1, -0.05) is 0 Å². The van der Waals surface area contributed by atoms with Gasteiger partial charge in [0.2, 0.25) is 0 Å². The molecule has 1 aromatic carbocycles. The van der Waals surface area contributed by atoms with Crippen LogP contribution in [-0.4, -0.2) is 10.1 Å². The van der Waals surface area contributed by atoms with E-state index < -0.39 is 5.82 Å². The molecule has 2 rings (SSSR count). The van der Waals surface area contributed by atoms with Gasteiger partial charge in [-0.25, -0.2) is 9.37 Å². The summed E-state index contributed by atoms with van der Waals surface area (Å²) in [6, 6.07) is 4.04. The van der Waals surface area contributed by atoms with E-state index in [1.165, 1.54) is 23.5 Å². The minimum absolute atomic E-state index is 0.0893. The number of aryl methyl sites for hydroxylation is 1. The molecule has 0 aliphatic rings. The molecular formula is C11H11FN2OS. The second kappa shape index (κ2) is 4.19. The molecule has 0 fully saturated rings. The topological polar surface area (TPSA) is 59.1 Å². The predicted molar refractivity (Wildman–Crippen MR) is 61.8 cm³/mol. The van der Waals surface area contributed by atoms with Crippen LogP contribution in [0.5, 0.6) is 5.75 Å². The van der Waals surface area contributed by atoms with Gasteiger partial charge in [-0.05, 0) is 19.1 Å². The number of thiazole rings is 1. The zero-order valence-corrected chi connectivity index (χ0v) is 9.51. The molecule has 0 aliphatic carbocycles. The van der Waals surface area contributed by atoms with E-state index in [-0.39, 0.29) is 5.75 Å². The third kappa shape index (κ3) is 1.91. The maximum atomic E-state index is 13.6. The van der Waals surface area contributed by atoms with Crippen molar-refractivity contribution in [2.24, 2.45) is 5.73 Å². The Hall–Kier alpha value is -1.46. The van der Waals surface area contributed by atoms with Gasteiger partial charge in [0.05, 0.1) is 5.69 Å². The van der Waals surface area contributed by atoms with E-state index in [1.807, 2.05) is 6.92 Å². The number of nitrogens with zero attached hydrogens (tertiary/aromatic N) is 1. The van der Waals surface area contributed by atoms with Crippen LogP contribution >= 0.6 is 11.3 Å². The summed E-state index contributed by atoms with van der Waals surface area (Å²) < 4.78 is 13.6. The van der Waals surface area contributed by atoms with Crippen LogP contribution in [0.2, 0.25) is 0 Å². The Kier molecular flexibility index (Phi) is 2.89. The number of phenolic OH excluding ortho intramolecular Hbond substituents is 1. The number of phenols is 1. The monoisotopic (exact) mass is 238 g/mol. The maximum absolute atomic E-state index is 13.6. The number of rotatable bonds is 2. The van der Waals surface area contributed by atoms with Gasteiger partial charge in [-0.2, -0.15) is 0 Å². The summed E-state index contributed by atoms with van der Waals surface area (Å²) in [6.07, 6.45) is 0. The summed E-state index contributed by atoms with van der Waals surface area (Å²) in [4.78, 5) is 5.21. The third-order valence-electron chi connectivity index (χ3n) is 2.26.